The summed E-state index contributed by atoms with van der Waals surface area (Å²) in [6.45, 7) is 6.18. The minimum atomic E-state index is -0.662. The molecule has 0 aromatic heterocycles. The lowest BCUT2D eigenvalue weighted by atomic mass is 9.92. The van der Waals surface area contributed by atoms with Gasteiger partial charge in [-0.05, 0) is 44.0 Å². The first kappa shape index (κ1) is 15.3. The Labute approximate surface area is 115 Å². The largest absolute Gasteiger partial charge is 0.497 e. The van der Waals surface area contributed by atoms with E-state index in [1.165, 1.54) is 0 Å². The third-order valence-corrected chi connectivity index (χ3v) is 3.35. The number of carbonyl (C=O) groups is 1. The molecule has 4 heteroatoms. The summed E-state index contributed by atoms with van der Waals surface area (Å²) < 4.78 is 10.3. The SMILES string of the molecule is CCOC(=O)C(CC)(CC)Nc1ccc(OC)cc1. The maximum Gasteiger partial charge on any atom is 0.331 e. The monoisotopic (exact) mass is 265 g/mol. The van der Waals surface area contributed by atoms with Crippen molar-refractivity contribution in [1.82, 2.24) is 0 Å². The van der Waals surface area contributed by atoms with Crippen LogP contribution in [0.25, 0.3) is 0 Å². The van der Waals surface area contributed by atoms with Crippen LogP contribution >= 0.6 is 0 Å². The molecule has 0 aliphatic rings. The zero-order valence-electron chi connectivity index (χ0n) is 12.2. The fraction of sp³-hybridized carbons (Fsp3) is 0.533. The Bertz CT molecular complexity index is 396. The van der Waals surface area contributed by atoms with Gasteiger partial charge in [0.15, 0.2) is 0 Å². The first-order chi connectivity index (χ1) is 9.11. The lowest BCUT2D eigenvalue weighted by Gasteiger charge is -2.31. The number of nitrogens with one attached hydrogen (secondary N) is 1. The van der Waals surface area contributed by atoms with Gasteiger partial charge in [-0.15, -0.1) is 0 Å². The second kappa shape index (κ2) is 7.02. The van der Waals surface area contributed by atoms with Gasteiger partial charge in [0.25, 0.3) is 0 Å². The number of esters is 1. The number of methoxy groups -OCH3 is 1. The Hall–Kier alpha value is -1.71. The van der Waals surface area contributed by atoms with Gasteiger partial charge in [0.05, 0.1) is 13.7 Å². The van der Waals surface area contributed by atoms with Crippen molar-refractivity contribution in [1.29, 1.82) is 0 Å². The van der Waals surface area contributed by atoms with E-state index >= 15 is 0 Å². The van der Waals surface area contributed by atoms with Crippen LogP contribution in [0.15, 0.2) is 24.3 Å². The molecule has 4 nitrogen and oxygen atoms in total. The average molecular weight is 265 g/mol. The van der Waals surface area contributed by atoms with E-state index in [0.717, 1.165) is 11.4 Å². The number of carbonyl (C=O) groups excluding carboxylic acids is 1. The smallest absolute Gasteiger partial charge is 0.331 e. The molecular formula is C15H23NO3. The molecule has 0 bridgehead atoms. The summed E-state index contributed by atoms with van der Waals surface area (Å²) in [6.07, 6.45) is 1.35. The van der Waals surface area contributed by atoms with Crippen molar-refractivity contribution in [2.75, 3.05) is 19.0 Å². The molecule has 0 saturated heterocycles. The Balaban J connectivity index is 2.90. The van der Waals surface area contributed by atoms with E-state index in [9.17, 15) is 4.79 Å². The standard InChI is InChI=1S/C15H23NO3/c1-5-15(6-2,14(17)19-7-3)16-12-8-10-13(18-4)11-9-12/h8-11,16H,5-7H2,1-4H3. The highest BCUT2D eigenvalue weighted by atomic mass is 16.5. The molecule has 0 spiro atoms. The molecule has 1 aromatic rings. The topological polar surface area (TPSA) is 47.6 Å². The Morgan fingerprint density at radius 3 is 2.16 bits per heavy atom. The highest BCUT2D eigenvalue weighted by Crippen LogP contribution is 2.25. The predicted molar refractivity (Wildman–Crippen MR) is 76.6 cm³/mol. The van der Waals surface area contributed by atoms with Crippen LogP contribution in [-0.4, -0.2) is 25.2 Å². The molecule has 19 heavy (non-hydrogen) atoms. The third kappa shape index (κ3) is 3.63. The normalized spacial score (nSPS) is 10.9. The average Bonchev–Trinajstić information content (AvgIpc) is 2.45. The van der Waals surface area contributed by atoms with Crippen LogP contribution in [0, 0.1) is 0 Å². The third-order valence-electron chi connectivity index (χ3n) is 3.35. The van der Waals surface area contributed by atoms with Crippen LogP contribution in [0.2, 0.25) is 0 Å². The Morgan fingerprint density at radius 1 is 1.16 bits per heavy atom. The zero-order valence-corrected chi connectivity index (χ0v) is 12.2. The van der Waals surface area contributed by atoms with E-state index in [-0.39, 0.29) is 5.97 Å². The van der Waals surface area contributed by atoms with Crippen molar-refractivity contribution >= 4 is 11.7 Å². The molecular weight excluding hydrogens is 242 g/mol. The summed E-state index contributed by atoms with van der Waals surface area (Å²) in [5, 5.41) is 3.30. The summed E-state index contributed by atoms with van der Waals surface area (Å²) in [5.41, 5.74) is 0.225. The molecule has 1 aromatic carbocycles. The van der Waals surface area contributed by atoms with E-state index < -0.39 is 5.54 Å². The van der Waals surface area contributed by atoms with Crippen molar-refractivity contribution in [3.05, 3.63) is 24.3 Å². The van der Waals surface area contributed by atoms with Crippen LogP contribution in [0.1, 0.15) is 33.6 Å². The van der Waals surface area contributed by atoms with Crippen molar-refractivity contribution in [3.63, 3.8) is 0 Å². The number of hydrogen-bond acceptors (Lipinski definition) is 4. The van der Waals surface area contributed by atoms with Crippen LogP contribution in [0.4, 0.5) is 5.69 Å². The summed E-state index contributed by atoms with van der Waals surface area (Å²) in [4.78, 5) is 12.1. The first-order valence-electron chi connectivity index (χ1n) is 6.71. The van der Waals surface area contributed by atoms with Crippen molar-refractivity contribution in [2.24, 2.45) is 0 Å². The molecule has 0 heterocycles. The van der Waals surface area contributed by atoms with Gasteiger partial charge in [0.1, 0.15) is 11.3 Å². The van der Waals surface area contributed by atoms with Crippen molar-refractivity contribution in [2.45, 2.75) is 39.2 Å². The van der Waals surface area contributed by atoms with Gasteiger partial charge in [0, 0.05) is 5.69 Å². The zero-order chi connectivity index (χ0) is 14.3. The number of rotatable bonds is 7. The number of hydrogen-bond donors (Lipinski definition) is 1. The van der Waals surface area contributed by atoms with Crippen LogP contribution in [0.3, 0.4) is 0 Å². The fourth-order valence-electron chi connectivity index (χ4n) is 1.99. The van der Waals surface area contributed by atoms with Crippen LogP contribution in [0.5, 0.6) is 5.75 Å². The van der Waals surface area contributed by atoms with Gasteiger partial charge in [0.2, 0.25) is 0 Å². The second-order valence-electron chi connectivity index (χ2n) is 4.36. The van der Waals surface area contributed by atoms with Gasteiger partial charge in [-0.3, -0.25) is 0 Å². The molecule has 106 valence electrons. The molecule has 0 saturated carbocycles. The lowest BCUT2D eigenvalue weighted by molar-refractivity contribution is -0.148. The van der Waals surface area contributed by atoms with Crippen LogP contribution in [-0.2, 0) is 9.53 Å². The number of ether oxygens (including phenoxy) is 2. The minimum Gasteiger partial charge on any atom is -0.497 e. The number of benzene rings is 1. The molecule has 0 atom stereocenters. The van der Waals surface area contributed by atoms with Gasteiger partial charge in [-0.1, -0.05) is 13.8 Å². The summed E-state index contributed by atoms with van der Waals surface area (Å²) >= 11 is 0. The van der Waals surface area contributed by atoms with E-state index in [1.54, 1.807) is 7.11 Å². The highest BCUT2D eigenvalue weighted by molar-refractivity contribution is 5.84. The first-order valence-corrected chi connectivity index (χ1v) is 6.71. The Kier molecular flexibility index (Phi) is 5.67. The minimum absolute atomic E-state index is 0.198. The maximum absolute atomic E-state index is 12.1. The van der Waals surface area contributed by atoms with E-state index in [2.05, 4.69) is 5.32 Å². The summed E-state index contributed by atoms with van der Waals surface area (Å²) in [7, 11) is 1.63. The maximum atomic E-state index is 12.1. The number of anilines is 1. The molecule has 0 aliphatic carbocycles. The van der Waals surface area contributed by atoms with E-state index in [1.807, 2.05) is 45.0 Å². The summed E-state index contributed by atoms with van der Waals surface area (Å²) in [5.74, 6) is 0.594. The molecule has 0 fully saturated rings. The second-order valence-corrected chi connectivity index (χ2v) is 4.36. The molecule has 1 rings (SSSR count). The summed E-state index contributed by atoms with van der Waals surface area (Å²) in [6, 6.07) is 7.53. The predicted octanol–water partition coefficient (Wildman–Crippen LogP) is 3.23. The van der Waals surface area contributed by atoms with Gasteiger partial charge in [-0.25, -0.2) is 4.79 Å². The van der Waals surface area contributed by atoms with Crippen molar-refractivity contribution < 1.29 is 14.3 Å². The lowest BCUT2D eigenvalue weighted by Crippen LogP contribution is -2.46. The molecule has 0 radical (unpaired) electrons. The Morgan fingerprint density at radius 2 is 1.74 bits per heavy atom. The molecule has 0 aliphatic heterocycles. The fourth-order valence-corrected chi connectivity index (χ4v) is 1.99. The van der Waals surface area contributed by atoms with Crippen molar-refractivity contribution in [3.8, 4) is 5.75 Å². The van der Waals surface area contributed by atoms with Gasteiger partial charge >= 0.3 is 5.97 Å². The quantitative estimate of drug-likeness (QED) is 0.769. The molecule has 0 unspecified atom stereocenters. The van der Waals surface area contributed by atoms with Gasteiger partial charge in [-0.2, -0.15) is 0 Å². The van der Waals surface area contributed by atoms with Crippen LogP contribution < -0.4 is 10.1 Å². The van der Waals surface area contributed by atoms with E-state index in [0.29, 0.717) is 19.4 Å². The van der Waals surface area contributed by atoms with E-state index in [4.69, 9.17) is 9.47 Å². The molecule has 0 amide bonds. The van der Waals surface area contributed by atoms with Gasteiger partial charge < -0.3 is 14.8 Å². The highest BCUT2D eigenvalue weighted by Gasteiger charge is 2.36. The molecule has 1 N–H and O–H groups in total.